The van der Waals surface area contributed by atoms with Gasteiger partial charge >= 0.3 is 0 Å². The summed E-state index contributed by atoms with van der Waals surface area (Å²) >= 11 is 5.93. The van der Waals surface area contributed by atoms with Crippen molar-refractivity contribution in [1.82, 2.24) is 0 Å². The van der Waals surface area contributed by atoms with Crippen LogP contribution in [0, 0.1) is 5.92 Å². The van der Waals surface area contributed by atoms with E-state index in [4.69, 9.17) is 11.6 Å². The first kappa shape index (κ1) is 9.72. The normalized spacial score (nSPS) is 20.2. The molecule has 0 amide bonds. The molecule has 0 N–H and O–H groups in total. The van der Waals surface area contributed by atoms with E-state index in [9.17, 15) is 4.79 Å². The van der Waals surface area contributed by atoms with Crippen molar-refractivity contribution in [2.75, 3.05) is 0 Å². The average Bonchev–Trinajstić information content (AvgIpc) is 2.17. The minimum Gasteiger partial charge on any atom is -0.303 e. The lowest BCUT2D eigenvalue weighted by atomic mass is 9.82. The molecule has 14 heavy (non-hydrogen) atoms. The largest absolute Gasteiger partial charge is 0.303 e. The molecule has 0 saturated heterocycles. The lowest BCUT2D eigenvalue weighted by molar-refractivity contribution is -0.108. The van der Waals surface area contributed by atoms with Crippen molar-refractivity contribution in [3.8, 4) is 0 Å². The maximum atomic E-state index is 10.4. The minimum absolute atomic E-state index is 0.526. The number of aldehydes is 1. The van der Waals surface area contributed by atoms with Crippen molar-refractivity contribution >= 4 is 17.9 Å². The van der Waals surface area contributed by atoms with Crippen LogP contribution in [-0.2, 0) is 17.6 Å². The fourth-order valence-corrected chi connectivity index (χ4v) is 2.33. The van der Waals surface area contributed by atoms with Gasteiger partial charge in [-0.25, -0.2) is 0 Å². The summed E-state index contributed by atoms with van der Waals surface area (Å²) in [7, 11) is 0. The SMILES string of the molecule is O=CCC1CCc2ccc(Cl)cc2C1. The zero-order valence-electron chi connectivity index (χ0n) is 8.00. The third-order valence-electron chi connectivity index (χ3n) is 2.93. The molecule has 0 aromatic heterocycles. The van der Waals surface area contributed by atoms with Crippen molar-refractivity contribution in [2.24, 2.45) is 5.92 Å². The molecule has 2 heteroatoms. The van der Waals surface area contributed by atoms with Crippen molar-refractivity contribution < 1.29 is 4.79 Å². The molecule has 1 aromatic rings. The van der Waals surface area contributed by atoms with Gasteiger partial charge in [-0.1, -0.05) is 17.7 Å². The molecule has 1 atom stereocenters. The number of halogens is 1. The number of benzene rings is 1. The molecule has 1 unspecified atom stereocenters. The predicted octanol–water partition coefficient (Wildman–Crippen LogP) is 3.03. The maximum absolute atomic E-state index is 10.4. The second-order valence-corrected chi connectivity index (χ2v) is 4.36. The molecule has 74 valence electrons. The highest BCUT2D eigenvalue weighted by atomic mass is 35.5. The summed E-state index contributed by atoms with van der Waals surface area (Å²) in [6.45, 7) is 0. The van der Waals surface area contributed by atoms with E-state index in [-0.39, 0.29) is 0 Å². The number of carbonyl (C=O) groups is 1. The Morgan fingerprint density at radius 2 is 2.29 bits per heavy atom. The Balaban J connectivity index is 2.20. The highest BCUT2D eigenvalue weighted by Gasteiger charge is 2.17. The Labute approximate surface area is 89.1 Å². The molecule has 1 aliphatic rings. The molecule has 1 aliphatic carbocycles. The Morgan fingerprint density at radius 1 is 1.43 bits per heavy atom. The molecule has 2 rings (SSSR count). The van der Waals surface area contributed by atoms with Gasteiger partial charge in [-0.15, -0.1) is 0 Å². The van der Waals surface area contributed by atoms with Crippen LogP contribution < -0.4 is 0 Å². The number of hydrogen-bond acceptors (Lipinski definition) is 1. The molecule has 0 radical (unpaired) electrons. The molecule has 1 aromatic carbocycles. The first-order valence-electron chi connectivity index (χ1n) is 5.00. The van der Waals surface area contributed by atoms with Crippen molar-refractivity contribution in [1.29, 1.82) is 0 Å². The molecular weight excluding hydrogens is 196 g/mol. The van der Waals surface area contributed by atoms with Gasteiger partial charge in [-0.2, -0.15) is 0 Å². The van der Waals surface area contributed by atoms with Gasteiger partial charge in [0.25, 0.3) is 0 Å². The minimum atomic E-state index is 0.526. The Hall–Kier alpha value is -0.820. The Morgan fingerprint density at radius 3 is 3.07 bits per heavy atom. The summed E-state index contributed by atoms with van der Waals surface area (Å²) in [5, 5.41) is 0.801. The lowest BCUT2D eigenvalue weighted by Crippen LogP contribution is -2.14. The van der Waals surface area contributed by atoms with Crippen LogP contribution in [0.2, 0.25) is 5.02 Å². The van der Waals surface area contributed by atoms with E-state index in [0.29, 0.717) is 12.3 Å². The lowest BCUT2D eigenvalue weighted by Gasteiger charge is -2.23. The molecular formula is C12H13ClO. The van der Waals surface area contributed by atoms with E-state index in [1.165, 1.54) is 11.1 Å². The number of fused-ring (bicyclic) bond motifs is 1. The first-order valence-corrected chi connectivity index (χ1v) is 5.38. The van der Waals surface area contributed by atoms with E-state index in [0.717, 1.165) is 30.6 Å². The second-order valence-electron chi connectivity index (χ2n) is 3.92. The highest BCUT2D eigenvalue weighted by Crippen LogP contribution is 2.28. The van der Waals surface area contributed by atoms with Crippen LogP contribution in [-0.4, -0.2) is 6.29 Å². The smallest absolute Gasteiger partial charge is 0.120 e. The zero-order valence-corrected chi connectivity index (χ0v) is 8.76. The monoisotopic (exact) mass is 208 g/mol. The molecule has 0 saturated carbocycles. The molecule has 0 spiro atoms. The fourth-order valence-electron chi connectivity index (χ4n) is 2.14. The Kier molecular flexibility index (Phi) is 2.87. The van der Waals surface area contributed by atoms with Gasteiger partial charge in [-0.05, 0) is 48.4 Å². The summed E-state index contributed by atoms with van der Waals surface area (Å²) in [6, 6.07) is 6.09. The maximum Gasteiger partial charge on any atom is 0.120 e. The van der Waals surface area contributed by atoms with Crippen LogP contribution in [0.5, 0.6) is 0 Å². The summed E-state index contributed by atoms with van der Waals surface area (Å²) in [6.07, 6.45) is 4.94. The number of aryl methyl sites for hydroxylation is 1. The zero-order chi connectivity index (χ0) is 9.97. The standard InChI is InChI=1S/C12H13ClO/c13-12-4-3-10-2-1-9(5-6-14)7-11(10)8-12/h3-4,6,8-9H,1-2,5,7H2. The molecule has 0 aliphatic heterocycles. The van der Waals surface area contributed by atoms with Gasteiger partial charge in [0.05, 0.1) is 0 Å². The topological polar surface area (TPSA) is 17.1 Å². The van der Waals surface area contributed by atoms with Gasteiger partial charge < -0.3 is 4.79 Å². The van der Waals surface area contributed by atoms with Gasteiger partial charge in [0.1, 0.15) is 6.29 Å². The quantitative estimate of drug-likeness (QED) is 0.683. The first-order chi connectivity index (χ1) is 6.79. The second kappa shape index (κ2) is 4.14. The molecule has 0 heterocycles. The third-order valence-corrected chi connectivity index (χ3v) is 3.16. The van der Waals surface area contributed by atoms with E-state index in [1.54, 1.807) is 0 Å². The Bertz CT molecular complexity index is 346. The van der Waals surface area contributed by atoms with Crippen LogP contribution in [0.1, 0.15) is 24.0 Å². The fraction of sp³-hybridized carbons (Fsp3) is 0.417. The van der Waals surface area contributed by atoms with Crippen LogP contribution >= 0.6 is 11.6 Å². The van der Waals surface area contributed by atoms with E-state index < -0.39 is 0 Å². The van der Waals surface area contributed by atoms with Crippen molar-refractivity contribution in [3.05, 3.63) is 34.3 Å². The van der Waals surface area contributed by atoms with Crippen molar-refractivity contribution in [3.63, 3.8) is 0 Å². The summed E-state index contributed by atoms with van der Waals surface area (Å²) in [5.41, 5.74) is 2.73. The number of rotatable bonds is 2. The van der Waals surface area contributed by atoms with E-state index in [2.05, 4.69) is 6.07 Å². The van der Waals surface area contributed by atoms with Crippen molar-refractivity contribution in [2.45, 2.75) is 25.7 Å². The van der Waals surface area contributed by atoms with Crippen LogP contribution in [0.25, 0.3) is 0 Å². The van der Waals surface area contributed by atoms with E-state index in [1.807, 2.05) is 12.1 Å². The van der Waals surface area contributed by atoms with Crippen LogP contribution in [0.4, 0.5) is 0 Å². The highest BCUT2D eigenvalue weighted by molar-refractivity contribution is 6.30. The summed E-state index contributed by atoms with van der Waals surface area (Å²) in [5.74, 6) is 0.526. The van der Waals surface area contributed by atoms with Gasteiger partial charge in [0.2, 0.25) is 0 Å². The molecule has 0 fully saturated rings. The third kappa shape index (κ3) is 1.98. The molecule has 0 bridgehead atoms. The van der Waals surface area contributed by atoms with Gasteiger partial charge in [-0.3, -0.25) is 0 Å². The number of hydrogen-bond donors (Lipinski definition) is 0. The average molecular weight is 209 g/mol. The van der Waals surface area contributed by atoms with Gasteiger partial charge in [0, 0.05) is 11.4 Å². The molecule has 1 nitrogen and oxygen atoms in total. The van der Waals surface area contributed by atoms with Gasteiger partial charge in [0.15, 0.2) is 0 Å². The predicted molar refractivity (Wildman–Crippen MR) is 57.6 cm³/mol. The number of carbonyl (C=O) groups excluding carboxylic acids is 1. The summed E-state index contributed by atoms with van der Waals surface area (Å²) in [4.78, 5) is 10.4. The van der Waals surface area contributed by atoms with Crippen LogP contribution in [0.15, 0.2) is 18.2 Å². The van der Waals surface area contributed by atoms with Crippen LogP contribution in [0.3, 0.4) is 0 Å². The summed E-state index contributed by atoms with van der Waals surface area (Å²) < 4.78 is 0. The van der Waals surface area contributed by atoms with E-state index >= 15 is 0 Å².